The normalized spacial score (nSPS) is 11.3. The van der Waals surface area contributed by atoms with Gasteiger partial charge in [0.2, 0.25) is 11.8 Å². The molecule has 10 heteroatoms. The fraction of sp³-hybridized carbons (Fsp3) is 0.357. The monoisotopic (exact) mass is 361 g/mol. The van der Waals surface area contributed by atoms with Gasteiger partial charge < -0.3 is 10.1 Å². The molecule has 6 nitrogen and oxygen atoms in total. The Labute approximate surface area is 138 Å². The van der Waals surface area contributed by atoms with E-state index in [1.807, 2.05) is 0 Å². The highest BCUT2D eigenvalue weighted by Gasteiger charge is 2.29. The highest BCUT2D eigenvalue weighted by atomic mass is 32.1. The molecule has 0 atom stereocenters. The number of rotatable bonds is 6. The zero-order valence-electron chi connectivity index (χ0n) is 12.6. The van der Waals surface area contributed by atoms with E-state index in [0.29, 0.717) is 11.3 Å². The second-order valence-corrected chi connectivity index (χ2v) is 5.70. The summed E-state index contributed by atoms with van der Waals surface area (Å²) in [5.74, 6) is -0.636. The summed E-state index contributed by atoms with van der Waals surface area (Å²) in [6, 6.07) is 3.02. The molecule has 0 fully saturated rings. The number of pyridine rings is 1. The summed E-state index contributed by atoms with van der Waals surface area (Å²) < 4.78 is 42.6. The first-order valence-electron chi connectivity index (χ1n) is 6.81. The summed E-state index contributed by atoms with van der Waals surface area (Å²) >= 11 is 0.990. The van der Waals surface area contributed by atoms with Gasteiger partial charge in [0.25, 0.3) is 0 Å². The maximum atomic E-state index is 12.2. The van der Waals surface area contributed by atoms with Crippen molar-refractivity contribution in [1.82, 2.24) is 14.9 Å². The summed E-state index contributed by atoms with van der Waals surface area (Å²) in [5, 5.41) is 4.17. The van der Waals surface area contributed by atoms with E-state index in [2.05, 4.69) is 15.0 Å². The molecule has 2 rings (SSSR count). The Hall–Kier alpha value is -2.36. The van der Waals surface area contributed by atoms with Gasteiger partial charge in [0, 0.05) is 29.4 Å². The molecule has 0 aromatic carbocycles. The van der Waals surface area contributed by atoms with Crippen molar-refractivity contribution >= 4 is 17.2 Å². The van der Waals surface area contributed by atoms with Crippen molar-refractivity contribution in [3.8, 4) is 5.88 Å². The van der Waals surface area contributed by atoms with E-state index in [1.54, 1.807) is 12.3 Å². The first-order chi connectivity index (χ1) is 11.3. The van der Waals surface area contributed by atoms with Gasteiger partial charge >= 0.3 is 11.0 Å². The number of amides is 1. The topological polar surface area (TPSA) is 73.2 Å². The number of aryl methyl sites for hydroxylation is 1. The number of ether oxygens (including phenoxy) is 1. The van der Waals surface area contributed by atoms with Gasteiger partial charge in [0.15, 0.2) is 6.61 Å². The first-order valence-corrected chi connectivity index (χ1v) is 7.69. The lowest BCUT2D eigenvalue weighted by atomic mass is 10.2. The van der Waals surface area contributed by atoms with Crippen LogP contribution in [-0.4, -0.2) is 28.2 Å². The number of hydrogen-bond acceptors (Lipinski definition) is 5. The molecule has 0 radical (unpaired) electrons. The van der Waals surface area contributed by atoms with Crippen LogP contribution in [0.4, 0.5) is 13.2 Å². The molecule has 130 valence electrons. The standard InChI is InChI=1S/C14H14F3N3O3S/c1-9-7-24-13(22)20(9)6-11(21)19-5-10-3-2-4-18-12(10)23-8-14(15,16)17/h2-4,7H,5-6,8H2,1H3,(H,19,21). The van der Waals surface area contributed by atoms with Crippen LogP contribution in [0.25, 0.3) is 0 Å². The minimum Gasteiger partial charge on any atom is -0.468 e. The lowest BCUT2D eigenvalue weighted by Gasteiger charge is -2.12. The van der Waals surface area contributed by atoms with E-state index in [4.69, 9.17) is 0 Å². The van der Waals surface area contributed by atoms with Crippen molar-refractivity contribution in [2.24, 2.45) is 0 Å². The SMILES string of the molecule is Cc1csc(=O)n1CC(=O)NCc1cccnc1OCC(F)(F)F. The summed E-state index contributed by atoms with van der Waals surface area (Å²) in [4.78, 5) is 26.9. The maximum absolute atomic E-state index is 12.2. The van der Waals surface area contributed by atoms with E-state index in [0.717, 1.165) is 11.3 Å². The van der Waals surface area contributed by atoms with Crippen LogP contribution in [0.2, 0.25) is 0 Å². The van der Waals surface area contributed by atoms with Crippen molar-refractivity contribution < 1.29 is 22.7 Å². The lowest BCUT2D eigenvalue weighted by molar-refractivity contribution is -0.154. The van der Waals surface area contributed by atoms with Crippen LogP contribution in [0.1, 0.15) is 11.3 Å². The molecule has 0 saturated heterocycles. The van der Waals surface area contributed by atoms with Crippen molar-refractivity contribution in [3.63, 3.8) is 0 Å². The Morgan fingerprint density at radius 3 is 2.83 bits per heavy atom. The van der Waals surface area contributed by atoms with Crippen molar-refractivity contribution in [2.75, 3.05) is 6.61 Å². The summed E-state index contributed by atoms with van der Waals surface area (Å²) in [6.45, 7) is 0.0226. The zero-order chi connectivity index (χ0) is 17.7. The molecule has 2 aromatic heterocycles. The van der Waals surface area contributed by atoms with Crippen molar-refractivity contribution in [3.05, 3.63) is 44.6 Å². The number of hydrogen-bond donors (Lipinski definition) is 1. The predicted octanol–water partition coefficient (Wildman–Crippen LogP) is 1.87. The largest absolute Gasteiger partial charge is 0.468 e. The minimum absolute atomic E-state index is 0.0577. The van der Waals surface area contributed by atoms with Crippen molar-refractivity contribution in [1.29, 1.82) is 0 Å². The molecule has 0 unspecified atom stereocenters. The number of nitrogens with zero attached hydrogens (tertiary/aromatic N) is 2. The van der Waals surface area contributed by atoms with Crippen LogP contribution in [0.15, 0.2) is 28.5 Å². The van der Waals surface area contributed by atoms with Crippen LogP contribution in [0, 0.1) is 6.92 Å². The van der Waals surface area contributed by atoms with Gasteiger partial charge in [-0.2, -0.15) is 13.2 Å². The maximum Gasteiger partial charge on any atom is 0.422 e. The van der Waals surface area contributed by atoms with E-state index < -0.39 is 18.7 Å². The predicted molar refractivity (Wildman–Crippen MR) is 80.9 cm³/mol. The van der Waals surface area contributed by atoms with Gasteiger partial charge in [-0.15, -0.1) is 0 Å². The summed E-state index contributed by atoms with van der Waals surface area (Å²) in [7, 11) is 0. The number of carbonyl (C=O) groups excluding carboxylic acids is 1. The van der Waals surface area contributed by atoms with Crippen LogP contribution >= 0.6 is 11.3 Å². The molecule has 0 bridgehead atoms. The van der Waals surface area contributed by atoms with Gasteiger partial charge in [0.05, 0.1) is 0 Å². The Morgan fingerprint density at radius 1 is 1.46 bits per heavy atom. The fourth-order valence-corrected chi connectivity index (χ4v) is 2.56. The number of nitrogens with one attached hydrogen (secondary N) is 1. The highest BCUT2D eigenvalue weighted by molar-refractivity contribution is 7.07. The fourth-order valence-electron chi connectivity index (χ4n) is 1.83. The van der Waals surface area contributed by atoms with Gasteiger partial charge in [-0.3, -0.25) is 14.2 Å². The number of halogens is 3. The van der Waals surface area contributed by atoms with Crippen LogP contribution in [-0.2, 0) is 17.9 Å². The second-order valence-electron chi connectivity index (χ2n) is 4.88. The molecule has 1 amide bonds. The number of thiazole rings is 1. The van der Waals surface area contributed by atoms with Crippen LogP contribution < -0.4 is 14.9 Å². The van der Waals surface area contributed by atoms with E-state index in [-0.39, 0.29) is 23.8 Å². The average Bonchev–Trinajstić information content (AvgIpc) is 2.83. The average molecular weight is 361 g/mol. The van der Waals surface area contributed by atoms with Crippen LogP contribution in [0.5, 0.6) is 5.88 Å². The Kier molecular flexibility index (Phi) is 5.60. The molecular formula is C14H14F3N3O3S. The van der Waals surface area contributed by atoms with Gasteiger partial charge in [-0.25, -0.2) is 4.98 Å². The van der Waals surface area contributed by atoms with E-state index in [1.165, 1.54) is 22.9 Å². The third kappa shape index (κ3) is 5.08. The Balaban J connectivity index is 1.96. The number of carbonyl (C=O) groups is 1. The smallest absolute Gasteiger partial charge is 0.422 e. The van der Waals surface area contributed by atoms with Gasteiger partial charge in [-0.1, -0.05) is 17.4 Å². The second kappa shape index (κ2) is 7.47. The van der Waals surface area contributed by atoms with Gasteiger partial charge in [-0.05, 0) is 13.0 Å². The highest BCUT2D eigenvalue weighted by Crippen LogP contribution is 2.19. The summed E-state index contributed by atoms with van der Waals surface area (Å²) in [6.07, 6.45) is -3.18. The molecule has 0 spiro atoms. The molecule has 2 heterocycles. The molecule has 1 N–H and O–H groups in total. The molecule has 24 heavy (non-hydrogen) atoms. The van der Waals surface area contributed by atoms with Crippen LogP contribution in [0.3, 0.4) is 0 Å². The first kappa shape index (κ1) is 18.0. The third-order valence-electron chi connectivity index (χ3n) is 2.98. The quantitative estimate of drug-likeness (QED) is 0.853. The van der Waals surface area contributed by atoms with E-state index >= 15 is 0 Å². The zero-order valence-corrected chi connectivity index (χ0v) is 13.4. The Bertz CT molecular complexity index is 770. The molecule has 2 aromatic rings. The Morgan fingerprint density at radius 2 is 2.21 bits per heavy atom. The molecule has 0 aliphatic carbocycles. The molecular weight excluding hydrogens is 347 g/mol. The molecule has 0 aliphatic heterocycles. The third-order valence-corrected chi connectivity index (χ3v) is 3.86. The summed E-state index contributed by atoms with van der Waals surface area (Å²) in [5.41, 5.74) is 0.972. The van der Waals surface area contributed by atoms with Crippen molar-refractivity contribution in [2.45, 2.75) is 26.2 Å². The van der Waals surface area contributed by atoms with E-state index in [9.17, 15) is 22.8 Å². The minimum atomic E-state index is -4.48. The number of aromatic nitrogens is 2. The number of alkyl halides is 3. The lowest BCUT2D eigenvalue weighted by Crippen LogP contribution is -2.31. The molecule has 0 aliphatic rings. The van der Waals surface area contributed by atoms with Gasteiger partial charge in [0.1, 0.15) is 6.54 Å². The molecule has 0 saturated carbocycles.